The first kappa shape index (κ1) is 9.86. The van der Waals surface area contributed by atoms with Crippen LogP contribution >= 0.6 is 24.8 Å². The van der Waals surface area contributed by atoms with Crippen LogP contribution in [0.5, 0.6) is 0 Å². The molecular weight excluding hydrogens is 191 g/mol. The Morgan fingerprint density at radius 1 is 1.92 bits per heavy atom. The zero-order chi connectivity index (χ0) is 9.14. The number of thiocarbonyl (C=S) groups is 1. The molecule has 12 heavy (non-hydrogen) atoms. The predicted octanol–water partition coefficient (Wildman–Crippen LogP) is -0.148. The summed E-state index contributed by atoms with van der Waals surface area (Å²) in [5, 5.41) is 5.60. The zero-order valence-corrected chi connectivity index (χ0v) is 8.12. The molecule has 2 atom stereocenters. The van der Waals surface area contributed by atoms with Crippen LogP contribution < -0.4 is 10.6 Å². The molecule has 6 heteroatoms. The van der Waals surface area contributed by atoms with Gasteiger partial charge in [-0.3, -0.25) is 4.79 Å². The summed E-state index contributed by atoms with van der Waals surface area (Å²) in [5.41, 5.74) is 0. The molecule has 0 aliphatic carbocycles. The second kappa shape index (κ2) is 4.14. The summed E-state index contributed by atoms with van der Waals surface area (Å²) >= 11 is 9.11. The van der Waals surface area contributed by atoms with Crippen LogP contribution in [0, 0.1) is 0 Å². The van der Waals surface area contributed by atoms with Gasteiger partial charge in [0.05, 0.1) is 11.0 Å². The van der Waals surface area contributed by atoms with Crippen molar-refractivity contribution in [2.45, 2.75) is 18.5 Å². The van der Waals surface area contributed by atoms with E-state index in [4.69, 9.17) is 20.1 Å². The molecule has 2 radical (unpaired) electrons. The van der Waals surface area contributed by atoms with Gasteiger partial charge in [-0.2, -0.15) is 12.6 Å². The summed E-state index contributed by atoms with van der Waals surface area (Å²) in [6.45, 7) is 0. The second-order valence-corrected chi connectivity index (χ2v) is 3.49. The fraction of sp³-hybridized carbons (Fsp3) is 0.667. The molecule has 1 aliphatic rings. The lowest BCUT2D eigenvalue weighted by Gasteiger charge is -2.08. The molecule has 1 fully saturated rings. The van der Waals surface area contributed by atoms with E-state index >= 15 is 0 Å². The topological polar surface area (TPSA) is 41.1 Å². The van der Waals surface area contributed by atoms with Crippen molar-refractivity contribution in [3.8, 4) is 0 Å². The van der Waals surface area contributed by atoms with Gasteiger partial charge in [-0.15, -0.1) is 0 Å². The van der Waals surface area contributed by atoms with Crippen molar-refractivity contribution >= 4 is 43.5 Å². The van der Waals surface area contributed by atoms with E-state index < -0.39 is 5.81 Å². The third kappa shape index (κ3) is 2.38. The highest BCUT2D eigenvalue weighted by Crippen LogP contribution is 2.10. The molecule has 0 saturated carbocycles. The molecule has 1 rings (SSSR count). The molecule has 1 saturated heterocycles. The van der Waals surface area contributed by atoms with Gasteiger partial charge in [0.25, 0.3) is 0 Å². The van der Waals surface area contributed by atoms with Crippen molar-refractivity contribution in [2.75, 3.05) is 5.75 Å². The highest BCUT2D eigenvalue weighted by Gasteiger charge is 2.27. The minimum absolute atomic E-state index is 0.116. The first-order chi connectivity index (χ1) is 5.63. The normalized spacial score (nSPS) is 28.2. The number of carbonyl (C=O) groups is 1. The quantitative estimate of drug-likeness (QED) is 0.330. The van der Waals surface area contributed by atoms with Crippen molar-refractivity contribution < 1.29 is 4.79 Å². The minimum Gasteiger partial charge on any atom is -0.374 e. The first-order valence-electron chi connectivity index (χ1n) is 3.60. The molecule has 1 amide bonds. The fourth-order valence-electron chi connectivity index (χ4n) is 1.17. The van der Waals surface area contributed by atoms with Gasteiger partial charge in [-0.25, -0.2) is 0 Å². The van der Waals surface area contributed by atoms with Crippen LogP contribution in [-0.4, -0.2) is 36.5 Å². The van der Waals surface area contributed by atoms with E-state index in [1.165, 1.54) is 0 Å². The van der Waals surface area contributed by atoms with Gasteiger partial charge in [0, 0.05) is 11.8 Å². The maximum absolute atomic E-state index is 10.5. The Hall–Kier alpha value is -0.225. The molecule has 0 aromatic rings. The Morgan fingerprint density at radius 2 is 2.58 bits per heavy atom. The Morgan fingerprint density at radius 3 is 3.00 bits per heavy atom. The molecule has 0 aromatic heterocycles. The number of amides is 1. The summed E-state index contributed by atoms with van der Waals surface area (Å²) in [7, 11) is 4.96. The number of rotatable bonds is 2. The highest BCUT2D eigenvalue weighted by atomic mass is 32.1. The van der Waals surface area contributed by atoms with Gasteiger partial charge in [-0.1, -0.05) is 12.2 Å². The summed E-state index contributed by atoms with van der Waals surface area (Å²) in [5.74, 6) is 0.167. The molecule has 0 spiro atoms. The molecule has 2 N–H and O–H groups in total. The van der Waals surface area contributed by atoms with Crippen molar-refractivity contribution in [3.05, 3.63) is 0 Å². The molecule has 1 aliphatic heterocycles. The van der Waals surface area contributed by atoms with E-state index in [1.807, 2.05) is 0 Å². The maximum atomic E-state index is 10.5. The average Bonchev–Trinajstić information content (AvgIpc) is 2.31. The summed E-state index contributed by atoms with van der Waals surface area (Å²) < 4.78 is 0. The lowest BCUT2D eigenvalue weighted by atomic mass is 10.1. The number of hydrogen-bond acceptors (Lipinski definition) is 3. The lowest BCUT2D eigenvalue weighted by molar-refractivity contribution is 0.258. The van der Waals surface area contributed by atoms with Crippen LogP contribution in [0.25, 0.3) is 0 Å². The predicted molar refractivity (Wildman–Crippen MR) is 56.1 cm³/mol. The highest BCUT2D eigenvalue weighted by molar-refractivity contribution is 7.80. The second-order valence-electron chi connectivity index (χ2n) is 2.68. The zero-order valence-electron chi connectivity index (χ0n) is 6.41. The van der Waals surface area contributed by atoms with Crippen molar-refractivity contribution in [3.63, 3.8) is 0 Å². The standard InChI is InChI=1S/C6H9BN2OS2/c7-6(10)9-4-1-3(2-11)8-5(4)12/h3-4,11H,1-2H2,(H,8,12)(H,9,10). The molecule has 64 valence electrons. The Kier molecular flexibility index (Phi) is 3.40. The average molecular weight is 200 g/mol. The van der Waals surface area contributed by atoms with E-state index in [9.17, 15) is 4.79 Å². The molecule has 1 heterocycles. The largest absolute Gasteiger partial charge is 0.374 e. The van der Waals surface area contributed by atoms with Gasteiger partial charge < -0.3 is 10.6 Å². The molecule has 0 bridgehead atoms. The van der Waals surface area contributed by atoms with Crippen LogP contribution in [0.1, 0.15) is 6.42 Å². The number of hydrogen-bond donors (Lipinski definition) is 3. The summed E-state index contributed by atoms with van der Waals surface area (Å²) in [6, 6.07) is 0.132. The molecule has 2 unspecified atom stereocenters. The molecular formula is C6H9BN2OS2. The van der Waals surface area contributed by atoms with Crippen LogP contribution in [0.2, 0.25) is 0 Å². The van der Waals surface area contributed by atoms with E-state index in [0.29, 0.717) is 10.7 Å². The third-order valence-corrected chi connectivity index (χ3v) is 2.56. The van der Waals surface area contributed by atoms with E-state index in [-0.39, 0.29) is 12.1 Å². The van der Waals surface area contributed by atoms with Crippen molar-refractivity contribution in [1.29, 1.82) is 0 Å². The van der Waals surface area contributed by atoms with Crippen LogP contribution in [-0.2, 0) is 0 Å². The summed E-state index contributed by atoms with van der Waals surface area (Å²) in [4.78, 5) is 11.1. The third-order valence-electron chi connectivity index (χ3n) is 1.72. The van der Waals surface area contributed by atoms with E-state index in [2.05, 4.69) is 23.3 Å². The van der Waals surface area contributed by atoms with E-state index in [1.54, 1.807) is 0 Å². The van der Waals surface area contributed by atoms with Gasteiger partial charge in [0.15, 0.2) is 5.81 Å². The Balaban J connectivity index is 2.46. The number of nitrogens with one attached hydrogen (secondary N) is 2. The molecule has 0 aromatic carbocycles. The minimum atomic E-state index is -0.538. The SMILES string of the molecule is [B]C(=O)NC1CC(CS)NC1=S. The Labute approximate surface area is 83.5 Å². The fourth-order valence-corrected chi connectivity index (χ4v) is 1.73. The number of thiol groups is 1. The van der Waals surface area contributed by atoms with Gasteiger partial charge in [0.1, 0.15) is 0 Å². The van der Waals surface area contributed by atoms with Gasteiger partial charge >= 0.3 is 0 Å². The number of carbonyl (C=O) groups excluding carboxylic acids is 1. The monoisotopic (exact) mass is 200 g/mol. The van der Waals surface area contributed by atoms with Gasteiger partial charge in [0.2, 0.25) is 7.85 Å². The van der Waals surface area contributed by atoms with Crippen LogP contribution in [0.4, 0.5) is 4.79 Å². The lowest BCUT2D eigenvalue weighted by Crippen LogP contribution is -2.38. The first-order valence-corrected chi connectivity index (χ1v) is 4.64. The van der Waals surface area contributed by atoms with Crippen LogP contribution in [0.3, 0.4) is 0 Å². The van der Waals surface area contributed by atoms with Crippen LogP contribution in [0.15, 0.2) is 0 Å². The van der Waals surface area contributed by atoms with Gasteiger partial charge in [-0.05, 0) is 6.42 Å². The van der Waals surface area contributed by atoms with E-state index in [0.717, 1.165) is 6.42 Å². The van der Waals surface area contributed by atoms with Crippen molar-refractivity contribution in [2.24, 2.45) is 0 Å². The molecule has 3 nitrogen and oxygen atoms in total. The summed E-state index contributed by atoms with van der Waals surface area (Å²) in [6.07, 6.45) is 0.769. The Bertz CT molecular complexity index is 212. The smallest absolute Gasteiger partial charge is 0.200 e. The maximum Gasteiger partial charge on any atom is 0.200 e. The van der Waals surface area contributed by atoms with Crippen molar-refractivity contribution in [1.82, 2.24) is 10.6 Å².